The lowest BCUT2D eigenvalue weighted by atomic mass is 10.00. The topological polar surface area (TPSA) is 97.0 Å². The molecule has 0 aliphatic carbocycles. The van der Waals surface area contributed by atoms with Gasteiger partial charge in [0.1, 0.15) is 17.5 Å². The van der Waals surface area contributed by atoms with Crippen LogP contribution in [0.5, 0.6) is 0 Å². The number of hydrogen-bond acceptors (Lipinski definition) is 5. The molecule has 132 valence electrons. The molecule has 1 aliphatic rings. The van der Waals surface area contributed by atoms with Crippen molar-refractivity contribution in [1.82, 2.24) is 19.5 Å². The minimum Gasteiger partial charge on any atom is -0.478 e. The van der Waals surface area contributed by atoms with Gasteiger partial charge in [-0.2, -0.15) is 5.10 Å². The minimum atomic E-state index is -1.05. The molecule has 25 heavy (non-hydrogen) atoms. The Kier molecular flexibility index (Phi) is 4.20. The molecule has 0 saturated carbocycles. The second-order valence-electron chi connectivity index (χ2n) is 6.88. The van der Waals surface area contributed by atoms with Crippen LogP contribution in [0.25, 0.3) is 11.2 Å². The standard InChI is InChI=1S/C17H20N4O4/c1-17(2,3)25-16(24)20-6-4-11(5-7-20)12-8-13(15(22)23)14-18-10-19-21(14)9-12/h4,8-10H,5-7H2,1-3H3,(H,22,23). The predicted octanol–water partition coefficient (Wildman–Crippen LogP) is 2.45. The first-order valence-electron chi connectivity index (χ1n) is 7.98. The van der Waals surface area contributed by atoms with E-state index in [0.717, 1.165) is 11.1 Å². The molecule has 1 amide bonds. The number of ether oxygens (including phenoxy) is 1. The van der Waals surface area contributed by atoms with E-state index in [9.17, 15) is 14.7 Å². The fraction of sp³-hybridized carbons (Fsp3) is 0.412. The van der Waals surface area contributed by atoms with Gasteiger partial charge in [0.2, 0.25) is 0 Å². The van der Waals surface area contributed by atoms with Gasteiger partial charge in [-0.3, -0.25) is 0 Å². The molecule has 3 heterocycles. The number of aromatic carboxylic acids is 1. The Hall–Kier alpha value is -2.90. The normalized spacial score (nSPS) is 15.2. The Labute approximate surface area is 144 Å². The number of amides is 1. The maximum absolute atomic E-state index is 12.1. The summed E-state index contributed by atoms with van der Waals surface area (Å²) in [6, 6.07) is 1.60. The molecule has 3 rings (SSSR count). The van der Waals surface area contributed by atoms with E-state index in [1.54, 1.807) is 17.2 Å². The Morgan fingerprint density at radius 2 is 2.08 bits per heavy atom. The second-order valence-corrected chi connectivity index (χ2v) is 6.88. The van der Waals surface area contributed by atoms with Crippen LogP contribution in [0, 0.1) is 0 Å². The monoisotopic (exact) mass is 344 g/mol. The van der Waals surface area contributed by atoms with Gasteiger partial charge in [0.05, 0.1) is 0 Å². The van der Waals surface area contributed by atoms with Crippen molar-refractivity contribution < 1.29 is 19.4 Å². The zero-order valence-electron chi connectivity index (χ0n) is 14.4. The van der Waals surface area contributed by atoms with Crippen LogP contribution in [0.3, 0.4) is 0 Å². The fourth-order valence-electron chi connectivity index (χ4n) is 2.68. The van der Waals surface area contributed by atoms with Gasteiger partial charge < -0.3 is 14.7 Å². The van der Waals surface area contributed by atoms with Crippen molar-refractivity contribution in [2.75, 3.05) is 13.1 Å². The zero-order valence-corrected chi connectivity index (χ0v) is 14.4. The Bertz CT molecular complexity index is 863. The summed E-state index contributed by atoms with van der Waals surface area (Å²) >= 11 is 0. The summed E-state index contributed by atoms with van der Waals surface area (Å²) in [5.74, 6) is -1.05. The first-order valence-corrected chi connectivity index (χ1v) is 7.98. The highest BCUT2D eigenvalue weighted by molar-refractivity contribution is 5.95. The molecule has 8 heteroatoms. The lowest BCUT2D eigenvalue weighted by molar-refractivity contribution is 0.0270. The number of carbonyl (C=O) groups excluding carboxylic acids is 1. The van der Waals surface area contributed by atoms with Gasteiger partial charge >= 0.3 is 12.1 Å². The highest BCUT2D eigenvalue weighted by Crippen LogP contribution is 2.25. The van der Waals surface area contributed by atoms with Crippen molar-refractivity contribution in [3.8, 4) is 0 Å². The van der Waals surface area contributed by atoms with Gasteiger partial charge in [-0.05, 0) is 44.4 Å². The molecule has 1 N–H and O–H groups in total. The van der Waals surface area contributed by atoms with Crippen molar-refractivity contribution in [3.05, 3.63) is 35.8 Å². The molecule has 0 fully saturated rings. The molecule has 0 saturated heterocycles. The van der Waals surface area contributed by atoms with Crippen LogP contribution < -0.4 is 0 Å². The van der Waals surface area contributed by atoms with Crippen LogP contribution in [0.2, 0.25) is 0 Å². The van der Waals surface area contributed by atoms with Gasteiger partial charge in [0.25, 0.3) is 0 Å². The summed E-state index contributed by atoms with van der Waals surface area (Å²) in [7, 11) is 0. The van der Waals surface area contributed by atoms with E-state index in [2.05, 4.69) is 10.1 Å². The smallest absolute Gasteiger partial charge is 0.410 e. The van der Waals surface area contributed by atoms with Crippen LogP contribution in [-0.4, -0.2) is 55.4 Å². The average Bonchev–Trinajstić information content (AvgIpc) is 3.00. The van der Waals surface area contributed by atoms with Gasteiger partial charge in [0, 0.05) is 19.3 Å². The number of nitrogens with zero attached hydrogens (tertiary/aromatic N) is 4. The van der Waals surface area contributed by atoms with E-state index in [1.807, 2.05) is 26.8 Å². The van der Waals surface area contributed by atoms with Gasteiger partial charge in [-0.25, -0.2) is 19.1 Å². The summed E-state index contributed by atoms with van der Waals surface area (Å²) in [6.07, 6.45) is 5.26. The third-order valence-corrected chi connectivity index (χ3v) is 3.84. The summed E-state index contributed by atoms with van der Waals surface area (Å²) in [5, 5.41) is 13.4. The maximum Gasteiger partial charge on any atom is 0.410 e. The molecule has 2 aromatic heterocycles. The first-order chi connectivity index (χ1) is 11.7. The highest BCUT2D eigenvalue weighted by Gasteiger charge is 2.24. The van der Waals surface area contributed by atoms with Gasteiger partial charge in [-0.1, -0.05) is 6.08 Å². The number of carboxylic acid groups (broad SMARTS) is 1. The zero-order chi connectivity index (χ0) is 18.2. The number of hydrogen-bond donors (Lipinski definition) is 1. The quantitative estimate of drug-likeness (QED) is 0.899. The van der Waals surface area contributed by atoms with Crippen LogP contribution in [-0.2, 0) is 4.74 Å². The third kappa shape index (κ3) is 3.62. The summed E-state index contributed by atoms with van der Waals surface area (Å²) in [6.45, 7) is 6.42. The van der Waals surface area contributed by atoms with Gasteiger partial charge in [-0.15, -0.1) is 0 Å². The maximum atomic E-state index is 12.1. The fourth-order valence-corrected chi connectivity index (χ4v) is 2.68. The molecule has 0 atom stereocenters. The van der Waals surface area contributed by atoms with E-state index in [1.165, 1.54) is 10.8 Å². The predicted molar refractivity (Wildman–Crippen MR) is 90.3 cm³/mol. The van der Waals surface area contributed by atoms with E-state index in [-0.39, 0.29) is 11.7 Å². The van der Waals surface area contributed by atoms with E-state index >= 15 is 0 Å². The highest BCUT2D eigenvalue weighted by atomic mass is 16.6. The number of rotatable bonds is 2. The molecule has 0 bridgehead atoms. The van der Waals surface area contributed by atoms with Crippen LogP contribution in [0.1, 0.15) is 43.1 Å². The number of carbonyl (C=O) groups is 2. The number of aromatic nitrogens is 3. The van der Waals surface area contributed by atoms with Crippen LogP contribution >= 0.6 is 0 Å². The molecule has 2 aromatic rings. The number of carboxylic acids is 1. The third-order valence-electron chi connectivity index (χ3n) is 3.84. The largest absolute Gasteiger partial charge is 0.478 e. The molecule has 0 spiro atoms. The summed E-state index contributed by atoms with van der Waals surface area (Å²) in [5.41, 5.74) is 1.61. The molecule has 1 aliphatic heterocycles. The van der Waals surface area contributed by atoms with Crippen LogP contribution in [0.4, 0.5) is 4.79 Å². The van der Waals surface area contributed by atoms with Crippen molar-refractivity contribution in [1.29, 1.82) is 0 Å². The second kappa shape index (κ2) is 6.19. The lowest BCUT2D eigenvalue weighted by Crippen LogP contribution is -2.39. The Balaban J connectivity index is 1.83. The van der Waals surface area contributed by atoms with Crippen molar-refractivity contribution in [2.24, 2.45) is 0 Å². The van der Waals surface area contributed by atoms with E-state index < -0.39 is 11.6 Å². The van der Waals surface area contributed by atoms with Crippen LogP contribution in [0.15, 0.2) is 24.7 Å². The SMILES string of the molecule is CC(C)(C)OC(=O)N1CC=C(c2cc(C(=O)O)c3ncnn3c2)CC1. The molecular formula is C17H20N4O4. The Morgan fingerprint density at radius 1 is 1.32 bits per heavy atom. The molecule has 0 radical (unpaired) electrons. The Morgan fingerprint density at radius 3 is 2.68 bits per heavy atom. The molecule has 8 nitrogen and oxygen atoms in total. The summed E-state index contributed by atoms with van der Waals surface area (Å²) < 4.78 is 6.83. The van der Waals surface area contributed by atoms with Gasteiger partial charge in [0.15, 0.2) is 5.65 Å². The van der Waals surface area contributed by atoms with Crippen molar-refractivity contribution >= 4 is 23.3 Å². The number of fused-ring (bicyclic) bond motifs is 1. The van der Waals surface area contributed by atoms with E-state index in [4.69, 9.17) is 4.74 Å². The van der Waals surface area contributed by atoms with E-state index in [0.29, 0.717) is 25.2 Å². The van der Waals surface area contributed by atoms with Crippen molar-refractivity contribution in [3.63, 3.8) is 0 Å². The average molecular weight is 344 g/mol. The first kappa shape index (κ1) is 16.9. The molecular weight excluding hydrogens is 324 g/mol. The molecule has 0 unspecified atom stereocenters. The molecule has 0 aromatic carbocycles. The lowest BCUT2D eigenvalue weighted by Gasteiger charge is -2.29. The minimum absolute atomic E-state index is 0.102. The number of pyridine rings is 1. The summed E-state index contributed by atoms with van der Waals surface area (Å²) in [4.78, 5) is 29.2. The van der Waals surface area contributed by atoms with Crippen molar-refractivity contribution in [2.45, 2.75) is 32.8 Å².